The van der Waals surface area contributed by atoms with Gasteiger partial charge in [-0.05, 0) is 45.7 Å². The number of allylic oxidation sites excluding steroid dienone is 1. The van der Waals surface area contributed by atoms with Gasteiger partial charge in [-0.15, -0.1) is 0 Å². The third-order valence-electron chi connectivity index (χ3n) is 4.85. The molecule has 0 heterocycles. The molecule has 3 aromatic carbocycles. The molecule has 132 valence electrons. The molecule has 0 saturated carbocycles. The Morgan fingerprint density at radius 1 is 0.654 bits per heavy atom. The Balaban J connectivity index is 2.22. The van der Waals surface area contributed by atoms with Crippen LogP contribution in [0.5, 0.6) is 0 Å². The summed E-state index contributed by atoms with van der Waals surface area (Å²) < 4.78 is 0. The fourth-order valence-electron chi connectivity index (χ4n) is 3.46. The van der Waals surface area contributed by atoms with Crippen LogP contribution in [0.2, 0.25) is 0 Å². The molecule has 3 rings (SSSR count). The lowest BCUT2D eigenvalue weighted by Gasteiger charge is -2.18. The van der Waals surface area contributed by atoms with Gasteiger partial charge in [-0.3, -0.25) is 0 Å². The molecule has 0 bridgehead atoms. The molecule has 0 aromatic heterocycles. The summed E-state index contributed by atoms with van der Waals surface area (Å²) in [6, 6.07) is 30.8. The highest BCUT2D eigenvalue weighted by molar-refractivity contribution is 5.98. The molecule has 0 aliphatic rings. The Morgan fingerprint density at radius 3 is 1.65 bits per heavy atom. The molecule has 0 saturated heterocycles. The van der Waals surface area contributed by atoms with Gasteiger partial charge < -0.3 is 0 Å². The van der Waals surface area contributed by atoms with Crippen LogP contribution in [0.25, 0.3) is 11.1 Å². The summed E-state index contributed by atoms with van der Waals surface area (Å²) >= 11 is 0. The van der Waals surface area contributed by atoms with Crippen molar-refractivity contribution in [3.8, 4) is 0 Å². The van der Waals surface area contributed by atoms with Gasteiger partial charge in [0.05, 0.1) is 0 Å². The first-order valence-electron chi connectivity index (χ1n) is 9.65. The number of hydrogen-bond donors (Lipinski definition) is 0. The maximum absolute atomic E-state index is 2.29. The third kappa shape index (κ3) is 4.14. The molecule has 0 spiro atoms. The van der Waals surface area contributed by atoms with Crippen LogP contribution < -0.4 is 0 Å². The van der Waals surface area contributed by atoms with Gasteiger partial charge in [-0.1, -0.05) is 112 Å². The van der Waals surface area contributed by atoms with Crippen LogP contribution in [0, 0.1) is 0 Å². The van der Waals surface area contributed by atoms with Gasteiger partial charge in [0, 0.05) is 0 Å². The van der Waals surface area contributed by atoms with E-state index in [1.807, 2.05) is 0 Å². The van der Waals surface area contributed by atoms with E-state index in [1.165, 1.54) is 33.4 Å². The standard InChI is InChI=1S/C26H28/c1-4-11-25(22-12-7-5-8-13-22)26(23-14-9-6-10-15-23)24-18-16-21(17-19-24)20(2)3/h5-10,12-20H,4,11H2,1-3H3/b26-25-. The second-order valence-corrected chi connectivity index (χ2v) is 7.11. The van der Waals surface area contributed by atoms with E-state index >= 15 is 0 Å². The van der Waals surface area contributed by atoms with Gasteiger partial charge in [0.15, 0.2) is 0 Å². The van der Waals surface area contributed by atoms with Crippen LogP contribution in [0.15, 0.2) is 84.9 Å². The number of rotatable bonds is 6. The maximum atomic E-state index is 2.29. The van der Waals surface area contributed by atoms with Crippen molar-refractivity contribution in [1.82, 2.24) is 0 Å². The molecule has 0 amide bonds. The minimum Gasteiger partial charge on any atom is -0.0651 e. The summed E-state index contributed by atoms with van der Waals surface area (Å²) in [4.78, 5) is 0. The van der Waals surface area contributed by atoms with Gasteiger partial charge in [0.2, 0.25) is 0 Å². The lowest BCUT2D eigenvalue weighted by atomic mass is 9.86. The largest absolute Gasteiger partial charge is 0.0651 e. The van der Waals surface area contributed by atoms with Crippen molar-refractivity contribution in [3.63, 3.8) is 0 Å². The molecule has 26 heavy (non-hydrogen) atoms. The van der Waals surface area contributed by atoms with Crippen LogP contribution in [0.4, 0.5) is 0 Å². The second-order valence-electron chi connectivity index (χ2n) is 7.11. The van der Waals surface area contributed by atoms with E-state index < -0.39 is 0 Å². The zero-order chi connectivity index (χ0) is 18.4. The minimum absolute atomic E-state index is 0.553. The molecule has 0 unspecified atom stereocenters. The molecule has 0 heteroatoms. The highest BCUT2D eigenvalue weighted by Gasteiger charge is 2.13. The van der Waals surface area contributed by atoms with Gasteiger partial charge in [-0.25, -0.2) is 0 Å². The lowest BCUT2D eigenvalue weighted by Crippen LogP contribution is -1.96. The van der Waals surface area contributed by atoms with E-state index in [9.17, 15) is 0 Å². The Kier molecular flexibility index (Phi) is 6.07. The topological polar surface area (TPSA) is 0 Å². The summed E-state index contributed by atoms with van der Waals surface area (Å²) in [5.74, 6) is 0.553. The molecule has 0 fully saturated rings. The monoisotopic (exact) mass is 340 g/mol. The Labute approximate surface area is 158 Å². The summed E-state index contributed by atoms with van der Waals surface area (Å²) in [5, 5.41) is 0. The van der Waals surface area contributed by atoms with Crippen LogP contribution in [-0.2, 0) is 0 Å². The highest BCUT2D eigenvalue weighted by atomic mass is 14.2. The fourth-order valence-corrected chi connectivity index (χ4v) is 3.46. The molecular weight excluding hydrogens is 312 g/mol. The fraction of sp³-hybridized carbons (Fsp3) is 0.231. The molecule has 0 atom stereocenters. The molecule has 0 radical (unpaired) electrons. The number of hydrogen-bond acceptors (Lipinski definition) is 0. The summed E-state index contributed by atoms with van der Waals surface area (Å²) in [6.07, 6.45) is 2.20. The van der Waals surface area contributed by atoms with Crippen molar-refractivity contribution in [1.29, 1.82) is 0 Å². The van der Waals surface area contributed by atoms with Gasteiger partial charge in [0.25, 0.3) is 0 Å². The Bertz CT molecular complexity index is 838. The van der Waals surface area contributed by atoms with Gasteiger partial charge in [-0.2, -0.15) is 0 Å². The van der Waals surface area contributed by atoms with Crippen molar-refractivity contribution >= 4 is 11.1 Å². The summed E-state index contributed by atoms with van der Waals surface area (Å²) in [6.45, 7) is 6.75. The summed E-state index contributed by atoms with van der Waals surface area (Å²) in [7, 11) is 0. The zero-order valence-electron chi connectivity index (χ0n) is 16.1. The van der Waals surface area contributed by atoms with E-state index in [4.69, 9.17) is 0 Å². The van der Waals surface area contributed by atoms with E-state index in [0.29, 0.717) is 5.92 Å². The molecule has 0 nitrogen and oxygen atoms in total. The molecular formula is C26H28. The molecule has 0 aliphatic carbocycles. The van der Waals surface area contributed by atoms with Crippen LogP contribution >= 0.6 is 0 Å². The maximum Gasteiger partial charge on any atom is -0.00734 e. The predicted octanol–water partition coefficient (Wildman–Crippen LogP) is 7.57. The highest BCUT2D eigenvalue weighted by Crippen LogP contribution is 2.35. The van der Waals surface area contributed by atoms with Crippen molar-refractivity contribution in [2.75, 3.05) is 0 Å². The van der Waals surface area contributed by atoms with E-state index in [-0.39, 0.29) is 0 Å². The van der Waals surface area contributed by atoms with Crippen LogP contribution in [-0.4, -0.2) is 0 Å². The van der Waals surface area contributed by atoms with Crippen molar-refractivity contribution in [2.45, 2.75) is 39.5 Å². The van der Waals surface area contributed by atoms with Crippen molar-refractivity contribution < 1.29 is 0 Å². The Morgan fingerprint density at radius 2 is 1.15 bits per heavy atom. The summed E-state index contributed by atoms with van der Waals surface area (Å²) in [5.41, 5.74) is 8.08. The Hall–Kier alpha value is -2.60. The van der Waals surface area contributed by atoms with Crippen LogP contribution in [0.3, 0.4) is 0 Å². The molecule has 0 N–H and O–H groups in total. The average Bonchev–Trinajstić information content (AvgIpc) is 2.69. The van der Waals surface area contributed by atoms with E-state index in [0.717, 1.165) is 12.8 Å². The van der Waals surface area contributed by atoms with Gasteiger partial charge in [0.1, 0.15) is 0 Å². The second kappa shape index (κ2) is 8.67. The minimum atomic E-state index is 0.553. The normalized spacial score (nSPS) is 12.2. The quantitative estimate of drug-likeness (QED) is 0.406. The SMILES string of the molecule is CCC/C(=C(\c1ccccc1)c1ccc(C(C)C)cc1)c1ccccc1. The lowest BCUT2D eigenvalue weighted by molar-refractivity contribution is 0.866. The number of benzene rings is 3. The molecule has 0 aliphatic heterocycles. The first-order chi connectivity index (χ1) is 12.7. The molecule has 3 aromatic rings. The predicted molar refractivity (Wildman–Crippen MR) is 114 cm³/mol. The van der Waals surface area contributed by atoms with Crippen LogP contribution in [0.1, 0.15) is 61.8 Å². The van der Waals surface area contributed by atoms with E-state index in [2.05, 4.69) is 106 Å². The van der Waals surface area contributed by atoms with E-state index in [1.54, 1.807) is 0 Å². The van der Waals surface area contributed by atoms with Crippen molar-refractivity contribution in [2.24, 2.45) is 0 Å². The smallest absolute Gasteiger partial charge is 0.00734 e. The first kappa shape index (κ1) is 18.2. The van der Waals surface area contributed by atoms with Gasteiger partial charge >= 0.3 is 0 Å². The average molecular weight is 341 g/mol. The zero-order valence-corrected chi connectivity index (χ0v) is 16.1. The third-order valence-corrected chi connectivity index (χ3v) is 4.85. The van der Waals surface area contributed by atoms with Crippen molar-refractivity contribution in [3.05, 3.63) is 107 Å². The first-order valence-corrected chi connectivity index (χ1v) is 9.65.